The Labute approximate surface area is 170 Å². The van der Waals surface area contributed by atoms with Crippen LogP contribution in [-0.2, 0) is 17.7 Å². The first kappa shape index (κ1) is 19.6. The van der Waals surface area contributed by atoms with E-state index in [1.165, 1.54) is 0 Å². The molecular formula is C23H26FN3O2. The second-order valence-corrected chi connectivity index (χ2v) is 7.56. The van der Waals surface area contributed by atoms with E-state index in [9.17, 15) is 4.39 Å². The molecule has 0 radical (unpaired) electrons. The number of rotatable bonds is 4. The van der Waals surface area contributed by atoms with Crippen LogP contribution in [0.5, 0.6) is 5.75 Å². The Hall–Kier alpha value is -2.73. The Kier molecular flexibility index (Phi) is 5.37. The third-order valence-electron chi connectivity index (χ3n) is 5.34. The number of aromatic nitrogens is 3. The van der Waals surface area contributed by atoms with Gasteiger partial charge in [-0.3, -0.25) is 4.98 Å². The van der Waals surface area contributed by atoms with Crippen molar-refractivity contribution in [3.8, 4) is 28.4 Å². The first-order chi connectivity index (χ1) is 14.0. The fourth-order valence-corrected chi connectivity index (χ4v) is 3.99. The van der Waals surface area contributed by atoms with Crippen LogP contribution >= 0.6 is 0 Å². The molecule has 0 bridgehead atoms. The van der Waals surface area contributed by atoms with Crippen molar-refractivity contribution >= 4 is 0 Å². The average Bonchev–Trinajstić information content (AvgIpc) is 2.91. The zero-order valence-corrected chi connectivity index (χ0v) is 17.3. The van der Waals surface area contributed by atoms with Crippen molar-refractivity contribution in [3.63, 3.8) is 0 Å². The number of pyridine rings is 1. The molecule has 3 heterocycles. The van der Waals surface area contributed by atoms with E-state index < -0.39 is 12.8 Å². The van der Waals surface area contributed by atoms with Gasteiger partial charge in [0.25, 0.3) is 0 Å². The summed E-state index contributed by atoms with van der Waals surface area (Å²) in [6.07, 6.45) is 0.215. The van der Waals surface area contributed by atoms with E-state index in [4.69, 9.17) is 14.5 Å². The summed E-state index contributed by atoms with van der Waals surface area (Å²) in [4.78, 5) is 9.52. The minimum Gasteiger partial charge on any atom is -0.496 e. The molecule has 2 aromatic heterocycles. The number of nitrogens with zero attached hydrogens (tertiary/aromatic N) is 3. The smallest absolute Gasteiger partial charge is 0.141 e. The highest BCUT2D eigenvalue weighted by molar-refractivity contribution is 5.70. The molecule has 1 atom stereocenters. The molecule has 4 rings (SSSR count). The summed E-state index contributed by atoms with van der Waals surface area (Å²) in [5, 5.41) is 0. The maximum atomic E-state index is 13.5. The number of hydrogen-bond acceptors (Lipinski definition) is 4. The lowest BCUT2D eigenvalue weighted by Crippen LogP contribution is -2.21. The minimum atomic E-state index is -0.517. The van der Waals surface area contributed by atoms with Gasteiger partial charge in [-0.25, -0.2) is 9.37 Å². The van der Waals surface area contributed by atoms with Crippen LogP contribution in [0.25, 0.3) is 22.6 Å². The van der Waals surface area contributed by atoms with Gasteiger partial charge in [0.15, 0.2) is 0 Å². The number of alkyl halides is 1. The summed E-state index contributed by atoms with van der Waals surface area (Å²) < 4.78 is 26.9. The van der Waals surface area contributed by atoms with Crippen LogP contribution in [0.3, 0.4) is 0 Å². The van der Waals surface area contributed by atoms with E-state index in [0.29, 0.717) is 19.6 Å². The highest BCUT2D eigenvalue weighted by Gasteiger charge is 2.26. The Bertz CT molecular complexity index is 1020. The topological polar surface area (TPSA) is 49.2 Å². The van der Waals surface area contributed by atoms with Crippen molar-refractivity contribution in [3.05, 3.63) is 53.0 Å². The zero-order valence-electron chi connectivity index (χ0n) is 17.3. The third-order valence-corrected chi connectivity index (χ3v) is 5.34. The second-order valence-electron chi connectivity index (χ2n) is 7.56. The second kappa shape index (κ2) is 7.95. The van der Waals surface area contributed by atoms with Crippen LogP contribution in [-0.4, -0.2) is 41.0 Å². The molecule has 0 fully saturated rings. The molecule has 5 nitrogen and oxygen atoms in total. The van der Waals surface area contributed by atoms with Crippen molar-refractivity contribution in [1.82, 2.24) is 14.5 Å². The maximum Gasteiger partial charge on any atom is 0.141 e. The van der Waals surface area contributed by atoms with Gasteiger partial charge in [0.2, 0.25) is 0 Å². The fourth-order valence-electron chi connectivity index (χ4n) is 3.99. The largest absolute Gasteiger partial charge is 0.496 e. The minimum absolute atomic E-state index is 0.438. The molecule has 1 aliphatic rings. The molecule has 0 saturated heterocycles. The Morgan fingerprint density at radius 2 is 1.86 bits per heavy atom. The number of halogens is 1. The van der Waals surface area contributed by atoms with E-state index >= 15 is 0 Å². The van der Waals surface area contributed by atoms with Crippen LogP contribution in [0.1, 0.15) is 22.6 Å². The van der Waals surface area contributed by atoms with E-state index in [2.05, 4.69) is 9.55 Å². The SMILES string of the molecule is COc1cc(-c2nc(-c3cc(C)nc(C)c3)c3n2C[C@@H](CF)OCC3)ccc1C. The summed E-state index contributed by atoms with van der Waals surface area (Å²) in [6.45, 7) is 6.38. The molecule has 152 valence electrons. The zero-order chi connectivity index (χ0) is 20.5. The summed E-state index contributed by atoms with van der Waals surface area (Å²) in [7, 11) is 1.67. The normalized spacial score (nSPS) is 16.4. The number of ether oxygens (including phenoxy) is 2. The first-order valence-electron chi connectivity index (χ1n) is 9.87. The van der Waals surface area contributed by atoms with Gasteiger partial charge < -0.3 is 14.0 Å². The quantitative estimate of drug-likeness (QED) is 0.655. The summed E-state index contributed by atoms with van der Waals surface area (Å²) in [6, 6.07) is 10.2. The molecule has 0 amide bonds. The molecule has 0 unspecified atom stereocenters. The standard InChI is InChI=1S/C23H26FN3O2/c1-14-5-6-17(11-21(14)28-4)23-26-22(18-9-15(2)25-16(3)10-18)20-7-8-29-19(12-24)13-27(20)23/h5-6,9-11,19H,7-8,12-13H2,1-4H3/t19-/m1/s1. The molecule has 1 aromatic carbocycles. The third kappa shape index (κ3) is 3.77. The van der Waals surface area contributed by atoms with Crippen LogP contribution in [0, 0.1) is 20.8 Å². The fraction of sp³-hybridized carbons (Fsp3) is 0.391. The van der Waals surface area contributed by atoms with Gasteiger partial charge in [-0.05, 0) is 44.5 Å². The molecule has 0 saturated carbocycles. The Morgan fingerprint density at radius 3 is 2.55 bits per heavy atom. The molecular weight excluding hydrogens is 369 g/mol. The molecule has 0 aliphatic carbocycles. The van der Waals surface area contributed by atoms with E-state index in [1.807, 2.05) is 51.1 Å². The molecule has 0 spiro atoms. The lowest BCUT2D eigenvalue weighted by Gasteiger charge is -2.14. The maximum absolute atomic E-state index is 13.5. The van der Waals surface area contributed by atoms with E-state index in [-0.39, 0.29) is 0 Å². The van der Waals surface area contributed by atoms with Gasteiger partial charge in [0, 0.05) is 34.6 Å². The molecule has 1 aliphatic heterocycles. The van der Waals surface area contributed by atoms with Gasteiger partial charge in [-0.15, -0.1) is 0 Å². The number of aryl methyl sites for hydroxylation is 3. The summed E-state index contributed by atoms with van der Waals surface area (Å²) in [5.74, 6) is 1.62. The summed E-state index contributed by atoms with van der Waals surface area (Å²) in [5.41, 5.74) is 6.92. The van der Waals surface area contributed by atoms with Crippen LogP contribution in [0.15, 0.2) is 30.3 Å². The van der Waals surface area contributed by atoms with Crippen molar-refractivity contribution in [1.29, 1.82) is 0 Å². The number of methoxy groups -OCH3 is 1. The molecule has 29 heavy (non-hydrogen) atoms. The van der Waals surface area contributed by atoms with Crippen LogP contribution in [0.4, 0.5) is 4.39 Å². The lowest BCUT2D eigenvalue weighted by atomic mass is 10.1. The van der Waals surface area contributed by atoms with Crippen molar-refractivity contribution in [2.75, 3.05) is 20.4 Å². The van der Waals surface area contributed by atoms with Crippen LogP contribution in [0.2, 0.25) is 0 Å². The highest BCUT2D eigenvalue weighted by Crippen LogP contribution is 2.34. The number of hydrogen-bond donors (Lipinski definition) is 0. The Balaban J connectivity index is 1.92. The monoisotopic (exact) mass is 395 g/mol. The van der Waals surface area contributed by atoms with Crippen molar-refractivity contribution in [2.24, 2.45) is 0 Å². The predicted octanol–water partition coefficient (Wildman–Crippen LogP) is 4.46. The van der Waals surface area contributed by atoms with Gasteiger partial charge in [-0.1, -0.05) is 12.1 Å². The van der Waals surface area contributed by atoms with E-state index in [1.54, 1.807) is 7.11 Å². The highest BCUT2D eigenvalue weighted by atomic mass is 19.1. The summed E-state index contributed by atoms with van der Waals surface area (Å²) >= 11 is 0. The molecule has 6 heteroatoms. The van der Waals surface area contributed by atoms with E-state index in [0.717, 1.165) is 51.0 Å². The number of benzene rings is 1. The first-order valence-corrected chi connectivity index (χ1v) is 9.87. The molecule has 3 aromatic rings. The predicted molar refractivity (Wildman–Crippen MR) is 111 cm³/mol. The van der Waals surface area contributed by atoms with Gasteiger partial charge in [0.1, 0.15) is 24.4 Å². The average molecular weight is 395 g/mol. The van der Waals surface area contributed by atoms with Crippen molar-refractivity contribution < 1.29 is 13.9 Å². The Morgan fingerprint density at radius 1 is 1.10 bits per heavy atom. The van der Waals surface area contributed by atoms with Gasteiger partial charge in [-0.2, -0.15) is 0 Å². The van der Waals surface area contributed by atoms with Crippen LogP contribution < -0.4 is 4.74 Å². The molecule has 0 N–H and O–H groups in total. The number of fused-ring (bicyclic) bond motifs is 1. The van der Waals surface area contributed by atoms with Crippen molar-refractivity contribution in [2.45, 2.75) is 39.8 Å². The van der Waals surface area contributed by atoms with Gasteiger partial charge >= 0.3 is 0 Å². The lowest BCUT2D eigenvalue weighted by molar-refractivity contribution is 0.0355. The number of imidazole rings is 1. The van der Waals surface area contributed by atoms with Gasteiger partial charge in [0.05, 0.1) is 26.0 Å².